The van der Waals surface area contributed by atoms with Gasteiger partial charge in [0, 0.05) is 11.8 Å². The summed E-state index contributed by atoms with van der Waals surface area (Å²) in [6.45, 7) is 0. The van der Waals surface area contributed by atoms with Gasteiger partial charge in [-0.3, -0.25) is 9.59 Å². The van der Waals surface area contributed by atoms with E-state index in [0.717, 1.165) is 0 Å². The number of benzene rings is 1. The van der Waals surface area contributed by atoms with Crippen molar-refractivity contribution in [3.05, 3.63) is 58.0 Å². The minimum atomic E-state index is -0.402. The molecule has 0 radical (unpaired) electrons. The normalized spacial score (nSPS) is 10.8. The van der Waals surface area contributed by atoms with Crippen molar-refractivity contribution in [2.45, 2.75) is 5.16 Å². The van der Waals surface area contributed by atoms with Crippen molar-refractivity contribution in [1.82, 2.24) is 15.0 Å². The Bertz CT molecular complexity index is 937. The molecule has 0 aliphatic rings. The lowest BCUT2D eigenvalue weighted by Crippen LogP contribution is -2.12. The van der Waals surface area contributed by atoms with Crippen molar-refractivity contribution in [3.63, 3.8) is 0 Å². The minimum absolute atomic E-state index is 0.114. The van der Waals surface area contributed by atoms with E-state index < -0.39 is 5.78 Å². The van der Waals surface area contributed by atoms with Gasteiger partial charge in [0.25, 0.3) is 5.56 Å². The van der Waals surface area contributed by atoms with Gasteiger partial charge in [0.15, 0.2) is 16.6 Å². The van der Waals surface area contributed by atoms with Gasteiger partial charge in [0.2, 0.25) is 0 Å². The van der Waals surface area contributed by atoms with Crippen LogP contribution in [0.4, 0.5) is 0 Å². The molecule has 1 aromatic carbocycles. The number of hydrogen-bond acceptors (Lipinski definition) is 6. The van der Waals surface area contributed by atoms with Crippen LogP contribution in [-0.2, 0) is 0 Å². The Labute approximate surface area is 129 Å². The van der Waals surface area contributed by atoms with E-state index in [1.165, 1.54) is 36.2 Å². The van der Waals surface area contributed by atoms with Gasteiger partial charge in [-0.2, -0.15) is 0 Å². The van der Waals surface area contributed by atoms with E-state index in [2.05, 4.69) is 15.0 Å². The molecule has 0 aliphatic heterocycles. The molecule has 0 spiro atoms. The van der Waals surface area contributed by atoms with Crippen molar-refractivity contribution >= 4 is 28.6 Å². The number of carbonyl (C=O) groups excluding carboxylic acids is 1. The molecule has 3 rings (SSSR count). The van der Waals surface area contributed by atoms with Gasteiger partial charge in [-0.25, -0.2) is 9.97 Å². The molecular weight excluding hydrogens is 302 g/mol. The van der Waals surface area contributed by atoms with Crippen molar-refractivity contribution in [1.29, 1.82) is 0 Å². The molecule has 6 nitrogen and oxygen atoms in total. The molecular formula is C15H11N3O3S. The van der Waals surface area contributed by atoms with Gasteiger partial charge in [-0.05, 0) is 24.5 Å². The van der Waals surface area contributed by atoms with E-state index in [1.807, 2.05) is 0 Å². The number of nitrogens with one attached hydrogen (secondary N) is 1. The molecule has 0 fully saturated rings. The first-order chi connectivity index (χ1) is 10.6. The van der Waals surface area contributed by atoms with Crippen LogP contribution in [0.15, 0.2) is 46.5 Å². The summed E-state index contributed by atoms with van der Waals surface area (Å²) in [6, 6.07) is 7.67. The van der Waals surface area contributed by atoms with Gasteiger partial charge in [0.1, 0.15) is 5.75 Å². The van der Waals surface area contributed by atoms with Crippen LogP contribution in [0.2, 0.25) is 0 Å². The smallest absolute Gasteiger partial charge is 0.261 e. The average Bonchev–Trinajstić information content (AvgIpc) is 2.54. The zero-order valence-corrected chi connectivity index (χ0v) is 12.3. The fourth-order valence-corrected chi connectivity index (χ4v) is 2.42. The molecule has 0 amide bonds. The number of phenolic OH excluding ortho intramolecular Hbond substituents is 1. The first kappa shape index (κ1) is 14.3. The van der Waals surface area contributed by atoms with E-state index in [9.17, 15) is 14.7 Å². The van der Waals surface area contributed by atoms with Crippen LogP contribution in [0.1, 0.15) is 15.9 Å². The van der Waals surface area contributed by atoms with Crippen LogP contribution in [0.25, 0.3) is 11.0 Å². The summed E-state index contributed by atoms with van der Waals surface area (Å²) in [5.41, 5.74) is 0.308. The lowest BCUT2D eigenvalue weighted by atomic mass is 10.0. The second-order valence-electron chi connectivity index (χ2n) is 4.52. The Morgan fingerprint density at radius 3 is 2.82 bits per heavy atom. The molecule has 0 saturated carbocycles. The quantitative estimate of drug-likeness (QED) is 0.436. The Hall–Kier alpha value is -2.67. The summed E-state index contributed by atoms with van der Waals surface area (Å²) >= 11 is 1.30. The highest BCUT2D eigenvalue weighted by Gasteiger charge is 2.15. The SMILES string of the molecule is CSc1nc2ncc(C(=O)c3ccccc3O)cc2c(=O)[nH]1. The third-order valence-electron chi connectivity index (χ3n) is 3.14. The highest BCUT2D eigenvalue weighted by atomic mass is 32.2. The summed E-state index contributed by atoms with van der Waals surface area (Å²) in [7, 11) is 0. The number of aromatic amines is 1. The Morgan fingerprint density at radius 2 is 2.09 bits per heavy atom. The zero-order chi connectivity index (χ0) is 15.7. The van der Waals surface area contributed by atoms with Crippen LogP contribution >= 0.6 is 11.8 Å². The van der Waals surface area contributed by atoms with E-state index in [0.29, 0.717) is 5.16 Å². The molecule has 2 heterocycles. The summed E-state index contributed by atoms with van der Waals surface area (Å²) in [5.74, 6) is -0.516. The maximum Gasteiger partial charge on any atom is 0.261 e. The summed E-state index contributed by atoms with van der Waals surface area (Å²) in [6.07, 6.45) is 3.15. The third-order valence-corrected chi connectivity index (χ3v) is 3.72. The van der Waals surface area contributed by atoms with Gasteiger partial charge >= 0.3 is 0 Å². The molecule has 0 atom stereocenters. The molecule has 0 bridgehead atoms. The average molecular weight is 313 g/mol. The van der Waals surface area contributed by atoms with Crippen molar-refractivity contribution in [2.75, 3.05) is 6.26 Å². The highest BCUT2D eigenvalue weighted by molar-refractivity contribution is 7.98. The summed E-state index contributed by atoms with van der Waals surface area (Å²) in [5, 5.41) is 10.5. The minimum Gasteiger partial charge on any atom is -0.507 e. The highest BCUT2D eigenvalue weighted by Crippen LogP contribution is 2.20. The number of hydrogen-bond donors (Lipinski definition) is 2. The lowest BCUT2D eigenvalue weighted by Gasteiger charge is -2.05. The Morgan fingerprint density at radius 1 is 1.32 bits per heavy atom. The molecule has 2 aromatic heterocycles. The summed E-state index contributed by atoms with van der Waals surface area (Å²) < 4.78 is 0. The van der Waals surface area contributed by atoms with Gasteiger partial charge in [0.05, 0.1) is 10.9 Å². The monoisotopic (exact) mass is 313 g/mol. The molecule has 22 heavy (non-hydrogen) atoms. The third kappa shape index (κ3) is 2.46. The number of para-hydroxylation sites is 1. The van der Waals surface area contributed by atoms with E-state index in [1.54, 1.807) is 18.4 Å². The fraction of sp³-hybridized carbons (Fsp3) is 0.0667. The fourth-order valence-electron chi connectivity index (χ4n) is 2.04. The van der Waals surface area contributed by atoms with Crippen molar-refractivity contribution in [2.24, 2.45) is 0 Å². The van der Waals surface area contributed by atoms with Gasteiger partial charge in [-0.15, -0.1) is 0 Å². The number of fused-ring (bicyclic) bond motifs is 1. The van der Waals surface area contributed by atoms with E-state index >= 15 is 0 Å². The number of rotatable bonds is 3. The lowest BCUT2D eigenvalue weighted by molar-refractivity contribution is 0.103. The van der Waals surface area contributed by atoms with Gasteiger partial charge < -0.3 is 10.1 Å². The van der Waals surface area contributed by atoms with Crippen LogP contribution in [0.5, 0.6) is 5.75 Å². The first-order valence-electron chi connectivity index (χ1n) is 6.37. The second-order valence-corrected chi connectivity index (χ2v) is 5.31. The number of nitrogens with zero attached hydrogens (tertiary/aromatic N) is 2. The summed E-state index contributed by atoms with van der Waals surface area (Å²) in [4.78, 5) is 35.3. The van der Waals surface area contributed by atoms with Crippen LogP contribution in [0, 0.1) is 0 Å². The van der Waals surface area contributed by atoms with Crippen LogP contribution < -0.4 is 5.56 Å². The number of ketones is 1. The predicted octanol–water partition coefficient (Wildman–Crippen LogP) is 1.98. The number of pyridine rings is 1. The second kappa shape index (κ2) is 5.61. The molecule has 3 aromatic rings. The van der Waals surface area contributed by atoms with E-state index in [-0.39, 0.29) is 33.5 Å². The first-order valence-corrected chi connectivity index (χ1v) is 7.59. The molecule has 2 N–H and O–H groups in total. The number of aromatic nitrogens is 3. The predicted molar refractivity (Wildman–Crippen MR) is 83.5 cm³/mol. The molecule has 0 unspecified atom stereocenters. The molecule has 0 aliphatic carbocycles. The number of H-pyrrole nitrogens is 1. The molecule has 110 valence electrons. The number of phenols is 1. The standard InChI is InChI=1S/C15H11N3O3S/c1-22-15-17-13-10(14(21)18-15)6-8(7-16-13)12(20)9-4-2-3-5-11(9)19/h2-7,19H,1H3,(H,16,17,18,21). The Balaban J connectivity index is 2.13. The van der Waals surface area contributed by atoms with Crippen LogP contribution in [-0.4, -0.2) is 32.1 Å². The number of thioether (sulfide) groups is 1. The molecule has 7 heteroatoms. The largest absolute Gasteiger partial charge is 0.507 e. The van der Waals surface area contributed by atoms with Crippen LogP contribution in [0.3, 0.4) is 0 Å². The topological polar surface area (TPSA) is 95.9 Å². The van der Waals surface area contributed by atoms with E-state index in [4.69, 9.17) is 0 Å². The zero-order valence-electron chi connectivity index (χ0n) is 11.5. The van der Waals surface area contributed by atoms with Crippen molar-refractivity contribution in [3.8, 4) is 5.75 Å². The number of carbonyl (C=O) groups is 1. The van der Waals surface area contributed by atoms with Gasteiger partial charge in [-0.1, -0.05) is 23.9 Å². The number of aromatic hydroxyl groups is 1. The maximum absolute atomic E-state index is 12.4. The Kier molecular flexibility index (Phi) is 3.64. The molecule has 0 saturated heterocycles. The maximum atomic E-state index is 12.4. The van der Waals surface area contributed by atoms with Crippen molar-refractivity contribution < 1.29 is 9.90 Å².